The van der Waals surface area contributed by atoms with Crippen LogP contribution in [-0.2, 0) is 6.54 Å². The Hall–Kier alpha value is -2.37. The minimum Gasteiger partial charge on any atom is -0.363 e. The number of nitrogens with zero attached hydrogens (tertiary/aromatic N) is 2. The van der Waals surface area contributed by atoms with E-state index in [9.17, 15) is 0 Å². The predicted molar refractivity (Wildman–Crippen MR) is 160 cm³/mol. The van der Waals surface area contributed by atoms with Gasteiger partial charge in [0.1, 0.15) is 12.0 Å². The maximum absolute atomic E-state index is 4.55. The lowest BCUT2D eigenvalue weighted by Gasteiger charge is -2.28. The molecule has 1 aromatic heterocycles. The molecule has 0 bridgehead atoms. The number of para-hydroxylation sites is 1. The third-order valence-electron chi connectivity index (χ3n) is 7.51. The lowest BCUT2D eigenvalue weighted by Crippen LogP contribution is -2.31. The van der Waals surface area contributed by atoms with Gasteiger partial charge in [0.15, 0.2) is 0 Å². The first-order valence-corrected chi connectivity index (χ1v) is 14.7. The van der Waals surface area contributed by atoms with Crippen molar-refractivity contribution >= 4 is 32.9 Å². The summed E-state index contributed by atoms with van der Waals surface area (Å²) in [7, 11) is 4.04. The molecule has 5 heteroatoms. The zero-order valence-corrected chi connectivity index (χ0v) is 23.4. The Bertz CT molecular complexity index is 1120. The Labute approximate surface area is 223 Å². The Kier molecular flexibility index (Phi) is 9.82. The summed E-state index contributed by atoms with van der Waals surface area (Å²) in [5.41, 5.74) is 3.81. The molecular weight excluding hydrogens is 460 g/mol. The Morgan fingerprint density at radius 2 is 1.75 bits per heavy atom. The van der Waals surface area contributed by atoms with E-state index in [1.165, 1.54) is 78.4 Å². The first-order valence-electron chi connectivity index (χ1n) is 13.8. The first kappa shape index (κ1) is 26.7. The normalized spacial score (nSPS) is 21.1. The molecular formula is C31H46N4S. The fourth-order valence-electron chi connectivity index (χ4n) is 5.47. The highest BCUT2D eigenvalue weighted by Gasteiger charge is 2.20. The van der Waals surface area contributed by atoms with Crippen molar-refractivity contribution in [1.29, 1.82) is 0 Å². The maximum Gasteiger partial charge on any atom is 0.134 e. The summed E-state index contributed by atoms with van der Waals surface area (Å²) in [6, 6.07) is 17.0. The molecule has 0 amide bonds. The fraction of sp³-hybridized carbons (Fsp3) is 0.516. The van der Waals surface area contributed by atoms with Crippen LogP contribution in [-0.4, -0.2) is 37.5 Å². The average Bonchev–Trinajstić information content (AvgIpc) is 3.31. The molecule has 2 heterocycles. The SMILES string of the molecule is CC1N=C(N(C)C)c2ccccc2N1.CCCCC1CCC(CNCc2csc3ccccc23)CC1.[HH]. The smallest absolute Gasteiger partial charge is 0.134 e. The van der Waals surface area contributed by atoms with Crippen molar-refractivity contribution in [2.75, 3.05) is 26.0 Å². The molecule has 1 saturated carbocycles. The van der Waals surface area contributed by atoms with Crippen LogP contribution in [0, 0.1) is 11.8 Å². The molecule has 1 aliphatic heterocycles. The third-order valence-corrected chi connectivity index (χ3v) is 8.53. The summed E-state index contributed by atoms with van der Waals surface area (Å²) in [6.07, 6.45) is 10.2. The lowest BCUT2D eigenvalue weighted by atomic mass is 9.80. The number of amidine groups is 1. The van der Waals surface area contributed by atoms with Crippen molar-refractivity contribution in [3.63, 3.8) is 0 Å². The summed E-state index contributed by atoms with van der Waals surface area (Å²) in [6.45, 7) is 6.59. The minimum absolute atomic E-state index is 0. The molecule has 1 atom stereocenters. The molecule has 3 aromatic rings. The van der Waals surface area contributed by atoms with Crippen molar-refractivity contribution < 1.29 is 1.43 Å². The maximum atomic E-state index is 4.55. The minimum atomic E-state index is 0. The van der Waals surface area contributed by atoms with Crippen LogP contribution in [0.2, 0.25) is 0 Å². The van der Waals surface area contributed by atoms with Gasteiger partial charge in [-0.1, -0.05) is 69.4 Å². The van der Waals surface area contributed by atoms with E-state index < -0.39 is 0 Å². The van der Waals surface area contributed by atoms with Crippen molar-refractivity contribution in [2.45, 2.75) is 71.5 Å². The monoisotopic (exact) mass is 506 g/mol. The third kappa shape index (κ3) is 7.10. The number of aliphatic imine (C=N–C) groups is 1. The molecule has 0 spiro atoms. The van der Waals surface area contributed by atoms with E-state index in [2.05, 4.69) is 76.2 Å². The van der Waals surface area contributed by atoms with E-state index in [0.717, 1.165) is 24.2 Å². The van der Waals surface area contributed by atoms with Gasteiger partial charge in [0, 0.05) is 38.0 Å². The summed E-state index contributed by atoms with van der Waals surface area (Å²) in [4.78, 5) is 6.61. The van der Waals surface area contributed by atoms with Gasteiger partial charge in [-0.2, -0.15) is 0 Å². The number of hydrogen-bond acceptors (Lipinski definition) is 5. The highest BCUT2D eigenvalue weighted by molar-refractivity contribution is 7.17. The molecule has 2 N–H and O–H groups in total. The van der Waals surface area contributed by atoms with Crippen LogP contribution >= 0.6 is 11.3 Å². The molecule has 36 heavy (non-hydrogen) atoms. The van der Waals surface area contributed by atoms with Crippen LogP contribution in [0.3, 0.4) is 0 Å². The Morgan fingerprint density at radius 1 is 1.03 bits per heavy atom. The molecule has 5 rings (SSSR count). The van der Waals surface area contributed by atoms with Gasteiger partial charge in [0.25, 0.3) is 0 Å². The molecule has 2 aromatic carbocycles. The number of benzene rings is 2. The number of hydrogen-bond donors (Lipinski definition) is 2. The van der Waals surface area contributed by atoms with Gasteiger partial charge < -0.3 is 15.5 Å². The van der Waals surface area contributed by atoms with E-state index in [1.807, 2.05) is 37.6 Å². The summed E-state index contributed by atoms with van der Waals surface area (Å²) >= 11 is 1.87. The largest absolute Gasteiger partial charge is 0.363 e. The number of rotatable bonds is 7. The van der Waals surface area contributed by atoms with E-state index in [4.69, 9.17) is 0 Å². The Balaban J connectivity index is 0.000000220. The molecule has 0 radical (unpaired) electrons. The number of thiophene rings is 1. The molecule has 4 nitrogen and oxygen atoms in total. The summed E-state index contributed by atoms with van der Waals surface area (Å²) < 4.78 is 1.41. The van der Waals surface area contributed by atoms with Crippen molar-refractivity contribution in [3.05, 3.63) is 65.0 Å². The van der Waals surface area contributed by atoms with Gasteiger partial charge in [-0.05, 0) is 72.7 Å². The van der Waals surface area contributed by atoms with Gasteiger partial charge in [-0.3, -0.25) is 0 Å². The number of unbranched alkanes of at least 4 members (excludes halogenated alkanes) is 1. The number of nitrogens with one attached hydrogen (secondary N) is 2. The van der Waals surface area contributed by atoms with Crippen LogP contribution in [0.4, 0.5) is 5.69 Å². The van der Waals surface area contributed by atoms with Crippen LogP contribution in [0.5, 0.6) is 0 Å². The molecule has 1 fully saturated rings. The second-order valence-electron chi connectivity index (χ2n) is 10.6. The van der Waals surface area contributed by atoms with Crippen molar-refractivity contribution in [2.24, 2.45) is 16.8 Å². The van der Waals surface area contributed by atoms with Gasteiger partial charge >= 0.3 is 0 Å². The van der Waals surface area contributed by atoms with Crippen LogP contribution in [0.25, 0.3) is 10.1 Å². The summed E-state index contributed by atoms with van der Waals surface area (Å²) in [5.74, 6) is 2.98. The highest BCUT2D eigenvalue weighted by Crippen LogP contribution is 2.32. The van der Waals surface area contributed by atoms with Crippen LogP contribution in [0.1, 0.15) is 71.3 Å². The Morgan fingerprint density at radius 3 is 2.53 bits per heavy atom. The fourth-order valence-corrected chi connectivity index (χ4v) is 6.43. The van der Waals surface area contributed by atoms with Gasteiger partial charge in [0.05, 0.1) is 0 Å². The lowest BCUT2D eigenvalue weighted by molar-refractivity contribution is 0.253. The van der Waals surface area contributed by atoms with E-state index in [1.54, 1.807) is 0 Å². The van der Waals surface area contributed by atoms with Crippen molar-refractivity contribution in [3.8, 4) is 0 Å². The molecule has 2 aliphatic rings. The van der Waals surface area contributed by atoms with Crippen LogP contribution in [0.15, 0.2) is 58.9 Å². The quantitative estimate of drug-likeness (QED) is 0.341. The zero-order chi connectivity index (χ0) is 25.3. The summed E-state index contributed by atoms with van der Waals surface area (Å²) in [5, 5.41) is 10.8. The van der Waals surface area contributed by atoms with E-state index >= 15 is 0 Å². The number of anilines is 1. The van der Waals surface area contributed by atoms with Gasteiger partial charge in [-0.15, -0.1) is 11.3 Å². The van der Waals surface area contributed by atoms with E-state index in [0.29, 0.717) is 0 Å². The zero-order valence-electron chi connectivity index (χ0n) is 22.6. The molecule has 0 saturated heterocycles. The molecule has 196 valence electrons. The highest BCUT2D eigenvalue weighted by atomic mass is 32.1. The van der Waals surface area contributed by atoms with Gasteiger partial charge in [-0.25, -0.2) is 4.99 Å². The van der Waals surface area contributed by atoms with E-state index in [-0.39, 0.29) is 7.59 Å². The number of fused-ring (bicyclic) bond motifs is 2. The molecule has 1 unspecified atom stereocenters. The van der Waals surface area contributed by atoms with Gasteiger partial charge in [0.2, 0.25) is 0 Å². The molecule has 1 aliphatic carbocycles. The second-order valence-corrected chi connectivity index (χ2v) is 11.5. The second kappa shape index (κ2) is 13.3. The first-order chi connectivity index (χ1) is 17.5. The standard InChI is InChI=1S/C20H29NS.C11H15N3.H2/c1-2-3-6-16-9-11-17(12-10-16)13-21-14-18-15-22-20-8-5-4-7-19(18)20;1-8-12-10-7-5-4-6-9(10)11(13-8)14(2)3;/h4-5,7-8,15-17,21H,2-3,6,9-14H2,1H3;4-8,12H,1-3H3;1H. The average molecular weight is 507 g/mol. The topological polar surface area (TPSA) is 39.7 Å². The van der Waals surface area contributed by atoms with Crippen LogP contribution < -0.4 is 10.6 Å². The predicted octanol–water partition coefficient (Wildman–Crippen LogP) is 8.00. The van der Waals surface area contributed by atoms with Crippen molar-refractivity contribution in [1.82, 2.24) is 10.2 Å².